The van der Waals surface area contributed by atoms with Gasteiger partial charge < -0.3 is 14.5 Å². The molecule has 0 N–H and O–H groups in total. The molecule has 1 saturated heterocycles. The van der Waals surface area contributed by atoms with Gasteiger partial charge in [-0.05, 0) is 37.3 Å². The van der Waals surface area contributed by atoms with Crippen LogP contribution in [0.2, 0.25) is 5.02 Å². The van der Waals surface area contributed by atoms with Crippen molar-refractivity contribution >= 4 is 40.6 Å². The number of rotatable bonds is 4. The molecule has 192 valence electrons. The summed E-state index contributed by atoms with van der Waals surface area (Å²) >= 11 is 5.85. The normalized spacial score (nSPS) is 18.3. The molecule has 2 aliphatic heterocycles. The van der Waals surface area contributed by atoms with E-state index in [1.54, 1.807) is 0 Å². The molecule has 3 heterocycles. The summed E-state index contributed by atoms with van der Waals surface area (Å²) in [5, 5.41) is 5.10. The first-order valence-electron chi connectivity index (χ1n) is 11.0. The molecule has 8 nitrogen and oxygen atoms in total. The van der Waals surface area contributed by atoms with Crippen molar-refractivity contribution in [2.24, 2.45) is 5.10 Å². The number of pyridine rings is 1. The monoisotopic (exact) mass is 527 g/mol. The minimum Gasteiger partial charge on any atom is -0.378 e. The van der Waals surface area contributed by atoms with Crippen LogP contribution in [0.15, 0.2) is 35.4 Å². The second-order valence-electron chi connectivity index (χ2n) is 8.36. The standard InChI is InChI=1S/C23H22ClF4N5O3/c1-13-9-14(23(26,27)28)10-20(29-13)33-19(12-18(30-33)21(34)32-5-7-36-8-6-32)22(35)31(2)15-3-4-17(25)16(24)11-15/h3-4,9-11,19H,5-8,12H2,1-2H3. The quantitative estimate of drug-likeness (QED) is 0.567. The highest BCUT2D eigenvalue weighted by Gasteiger charge is 2.41. The number of nitrogens with zero attached hydrogens (tertiary/aromatic N) is 5. The molecule has 0 bridgehead atoms. The molecule has 0 radical (unpaired) electrons. The van der Waals surface area contributed by atoms with Crippen molar-refractivity contribution in [1.82, 2.24) is 9.88 Å². The number of alkyl halides is 3. The van der Waals surface area contributed by atoms with Crippen LogP contribution in [0.3, 0.4) is 0 Å². The number of morpholine rings is 1. The predicted molar refractivity (Wildman–Crippen MR) is 125 cm³/mol. The fourth-order valence-electron chi connectivity index (χ4n) is 3.97. The number of amides is 2. The molecule has 1 aromatic carbocycles. The Labute approximate surface area is 209 Å². The Morgan fingerprint density at radius 3 is 2.50 bits per heavy atom. The summed E-state index contributed by atoms with van der Waals surface area (Å²) < 4.78 is 59.3. The van der Waals surface area contributed by atoms with Crippen molar-refractivity contribution in [2.45, 2.75) is 25.6 Å². The highest BCUT2D eigenvalue weighted by Crippen LogP contribution is 2.34. The maximum absolute atomic E-state index is 13.6. The zero-order chi connectivity index (χ0) is 26.2. The largest absolute Gasteiger partial charge is 0.416 e. The number of hydrazone groups is 1. The van der Waals surface area contributed by atoms with Crippen LogP contribution in [0.5, 0.6) is 0 Å². The third-order valence-corrected chi connectivity index (χ3v) is 6.15. The van der Waals surface area contributed by atoms with Crippen molar-refractivity contribution in [3.8, 4) is 0 Å². The average molecular weight is 528 g/mol. The van der Waals surface area contributed by atoms with Crippen LogP contribution in [0.4, 0.5) is 29.1 Å². The van der Waals surface area contributed by atoms with E-state index >= 15 is 0 Å². The van der Waals surface area contributed by atoms with E-state index in [9.17, 15) is 27.2 Å². The maximum atomic E-state index is 13.6. The molecule has 0 spiro atoms. The minimum absolute atomic E-state index is 0.0117. The highest BCUT2D eigenvalue weighted by molar-refractivity contribution is 6.40. The average Bonchev–Trinajstić information content (AvgIpc) is 3.29. The van der Waals surface area contributed by atoms with Crippen LogP contribution in [0.25, 0.3) is 0 Å². The van der Waals surface area contributed by atoms with Gasteiger partial charge in [-0.2, -0.15) is 18.3 Å². The Hall–Kier alpha value is -3.25. The van der Waals surface area contributed by atoms with Crippen molar-refractivity contribution < 1.29 is 31.9 Å². The zero-order valence-electron chi connectivity index (χ0n) is 19.4. The van der Waals surface area contributed by atoms with E-state index < -0.39 is 35.4 Å². The molecule has 0 saturated carbocycles. The van der Waals surface area contributed by atoms with E-state index in [-0.39, 0.29) is 34.4 Å². The molecule has 13 heteroatoms. The number of carbonyl (C=O) groups excluding carboxylic acids is 2. The number of benzene rings is 1. The Kier molecular flexibility index (Phi) is 7.19. The molecule has 1 fully saturated rings. The van der Waals surface area contributed by atoms with Crippen LogP contribution in [-0.4, -0.2) is 66.8 Å². The Balaban J connectivity index is 1.71. The summed E-state index contributed by atoms with van der Waals surface area (Å²) in [5.41, 5.74) is -0.629. The van der Waals surface area contributed by atoms with Crippen molar-refractivity contribution in [2.75, 3.05) is 43.3 Å². The Morgan fingerprint density at radius 2 is 1.86 bits per heavy atom. The third kappa shape index (κ3) is 5.29. The first kappa shape index (κ1) is 25.8. The number of aromatic nitrogens is 1. The molecule has 2 aliphatic rings. The molecule has 2 amide bonds. The maximum Gasteiger partial charge on any atom is 0.416 e. The smallest absolute Gasteiger partial charge is 0.378 e. The van der Waals surface area contributed by atoms with E-state index in [0.717, 1.165) is 23.2 Å². The van der Waals surface area contributed by atoms with Gasteiger partial charge in [0.25, 0.3) is 11.8 Å². The SMILES string of the molecule is Cc1cc(C(F)(F)F)cc(N2N=C(C(=O)N3CCOCC3)CC2C(=O)N(C)c2ccc(F)c(Cl)c2)n1. The second kappa shape index (κ2) is 10.0. The number of ether oxygens (including phenoxy) is 1. The van der Waals surface area contributed by atoms with Crippen LogP contribution >= 0.6 is 11.6 Å². The van der Waals surface area contributed by atoms with Gasteiger partial charge in [-0.25, -0.2) is 14.4 Å². The Morgan fingerprint density at radius 1 is 1.17 bits per heavy atom. The number of hydrogen-bond donors (Lipinski definition) is 0. The summed E-state index contributed by atoms with van der Waals surface area (Å²) in [6.07, 6.45) is -4.81. The third-order valence-electron chi connectivity index (χ3n) is 5.86. The van der Waals surface area contributed by atoms with Crippen molar-refractivity contribution in [3.05, 3.63) is 52.4 Å². The molecular formula is C23H22ClF4N5O3. The van der Waals surface area contributed by atoms with E-state index in [0.29, 0.717) is 26.3 Å². The van der Waals surface area contributed by atoms with Crippen LogP contribution < -0.4 is 9.91 Å². The molecule has 4 rings (SSSR count). The van der Waals surface area contributed by atoms with Gasteiger partial charge in [0.15, 0.2) is 0 Å². The number of anilines is 2. The number of halogens is 5. The van der Waals surface area contributed by atoms with Crippen molar-refractivity contribution in [1.29, 1.82) is 0 Å². The van der Waals surface area contributed by atoms with Crippen molar-refractivity contribution in [3.63, 3.8) is 0 Å². The van der Waals surface area contributed by atoms with E-state index in [2.05, 4.69) is 10.1 Å². The van der Waals surface area contributed by atoms with E-state index in [1.807, 2.05) is 0 Å². The first-order valence-corrected chi connectivity index (χ1v) is 11.4. The van der Waals surface area contributed by atoms with Gasteiger partial charge in [-0.15, -0.1) is 0 Å². The van der Waals surface area contributed by atoms with Crippen LogP contribution in [0, 0.1) is 12.7 Å². The van der Waals surface area contributed by atoms with Gasteiger partial charge in [0, 0.05) is 37.9 Å². The second-order valence-corrected chi connectivity index (χ2v) is 8.77. The lowest BCUT2D eigenvalue weighted by Crippen LogP contribution is -2.46. The predicted octanol–water partition coefficient (Wildman–Crippen LogP) is 3.66. The molecular weight excluding hydrogens is 506 g/mol. The molecule has 1 atom stereocenters. The van der Waals surface area contributed by atoms with Crippen LogP contribution in [-0.2, 0) is 20.5 Å². The summed E-state index contributed by atoms with van der Waals surface area (Å²) in [5.74, 6) is -1.93. The summed E-state index contributed by atoms with van der Waals surface area (Å²) in [4.78, 5) is 33.5. The zero-order valence-corrected chi connectivity index (χ0v) is 20.1. The number of carbonyl (C=O) groups is 2. The lowest BCUT2D eigenvalue weighted by Gasteiger charge is -2.27. The number of aryl methyl sites for hydroxylation is 1. The minimum atomic E-state index is -4.65. The molecule has 1 unspecified atom stereocenters. The van der Waals surface area contributed by atoms with Crippen LogP contribution in [0.1, 0.15) is 17.7 Å². The van der Waals surface area contributed by atoms with Gasteiger partial charge in [-0.1, -0.05) is 11.6 Å². The van der Waals surface area contributed by atoms with Gasteiger partial charge in [0.05, 0.1) is 23.8 Å². The molecule has 2 aromatic rings. The fourth-order valence-corrected chi connectivity index (χ4v) is 4.14. The lowest BCUT2D eigenvalue weighted by atomic mass is 10.1. The first-order chi connectivity index (χ1) is 17.0. The summed E-state index contributed by atoms with van der Waals surface area (Å²) in [6.45, 7) is 2.72. The fraction of sp³-hybridized carbons (Fsp3) is 0.391. The molecule has 1 aromatic heterocycles. The van der Waals surface area contributed by atoms with Gasteiger partial charge in [0.1, 0.15) is 23.4 Å². The number of hydrogen-bond acceptors (Lipinski definition) is 6. The summed E-state index contributed by atoms with van der Waals surface area (Å²) in [6, 6.07) is 4.18. The highest BCUT2D eigenvalue weighted by atomic mass is 35.5. The van der Waals surface area contributed by atoms with Gasteiger partial charge >= 0.3 is 6.18 Å². The number of likely N-dealkylation sites (N-methyl/N-ethyl adjacent to an activating group) is 1. The topological polar surface area (TPSA) is 78.3 Å². The molecule has 36 heavy (non-hydrogen) atoms. The lowest BCUT2D eigenvalue weighted by molar-refractivity contribution is -0.137. The van der Waals surface area contributed by atoms with E-state index in [1.165, 1.54) is 35.9 Å². The van der Waals surface area contributed by atoms with E-state index in [4.69, 9.17) is 16.3 Å². The summed E-state index contributed by atoms with van der Waals surface area (Å²) in [7, 11) is 1.41. The van der Waals surface area contributed by atoms with Gasteiger partial charge in [-0.3, -0.25) is 9.59 Å². The Bertz CT molecular complexity index is 1220. The van der Waals surface area contributed by atoms with Gasteiger partial charge in [0.2, 0.25) is 0 Å². The molecule has 0 aliphatic carbocycles.